The Balaban J connectivity index is 1.59. The fourth-order valence-electron chi connectivity index (χ4n) is 2.53. The molecule has 2 amide bonds. The predicted molar refractivity (Wildman–Crippen MR) is 113 cm³/mol. The SMILES string of the molecule is O=C(CCN1C(=O)/C(=C\c2ccccc2F)SC1=S)Nc1ccc([N+](=O)[O-])cc1. The normalized spacial score (nSPS) is 15.1. The second-order valence-corrected chi connectivity index (χ2v) is 7.63. The molecule has 10 heteroatoms. The van der Waals surface area contributed by atoms with Gasteiger partial charge in [0.2, 0.25) is 5.91 Å². The molecule has 0 bridgehead atoms. The lowest BCUT2D eigenvalue weighted by molar-refractivity contribution is -0.384. The third-order valence-electron chi connectivity index (χ3n) is 3.99. The molecule has 2 aromatic carbocycles. The maximum absolute atomic E-state index is 13.8. The number of hydrogen-bond donors (Lipinski definition) is 1. The van der Waals surface area contributed by atoms with Crippen molar-refractivity contribution >= 4 is 57.6 Å². The van der Waals surface area contributed by atoms with E-state index in [1.165, 1.54) is 41.3 Å². The van der Waals surface area contributed by atoms with Gasteiger partial charge in [-0.1, -0.05) is 42.2 Å². The van der Waals surface area contributed by atoms with E-state index < -0.39 is 10.7 Å². The molecule has 1 fully saturated rings. The van der Waals surface area contributed by atoms with Gasteiger partial charge < -0.3 is 5.32 Å². The zero-order chi connectivity index (χ0) is 21.0. The third-order valence-corrected chi connectivity index (χ3v) is 5.37. The number of nitro benzene ring substituents is 1. The van der Waals surface area contributed by atoms with Crippen LogP contribution in [0, 0.1) is 15.9 Å². The number of rotatable bonds is 6. The summed E-state index contributed by atoms with van der Waals surface area (Å²) >= 11 is 6.25. The van der Waals surface area contributed by atoms with Gasteiger partial charge in [-0.2, -0.15) is 0 Å². The topological polar surface area (TPSA) is 92.6 Å². The van der Waals surface area contributed by atoms with Crippen LogP contribution in [0.1, 0.15) is 12.0 Å². The van der Waals surface area contributed by atoms with Crippen molar-refractivity contribution in [3.8, 4) is 0 Å². The minimum absolute atomic E-state index is 0.0175. The van der Waals surface area contributed by atoms with Gasteiger partial charge in [0.25, 0.3) is 11.6 Å². The highest BCUT2D eigenvalue weighted by molar-refractivity contribution is 8.26. The number of carbonyl (C=O) groups excluding carboxylic acids is 2. The van der Waals surface area contributed by atoms with Crippen molar-refractivity contribution in [3.63, 3.8) is 0 Å². The first-order valence-corrected chi connectivity index (χ1v) is 9.62. The van der Waals surface area contributed by atoms with Crippen molar-refractivity contribution in [2.75, 3.05) is 11.9 Å². The van der Waals surface area contributed by atoms with Crippen molar-refractivity contribution in [2.45, 2.75) is 6.42 Å². The third kappa shape index (κ3) is 5.04. The molecule has 0 aliphatic carbocycles. The number of amides is 2. The molecule has 0 radical (unpaired) electrons. The molecular formula is C19H14FN3O4S2. The number of halogens is 1. The smallest absolute Gasteiger partial charge is 0.269 e. The van der Waals surface area contributed by atoms with E-state index >= 15 is 0 Å². The highest BCUT2D eigenvalue weighted by Gasteiger charge is 2.32. The van der Waals surface area contributed by atoms with Crippen LogP contribution in [0.25, 0.3) is 6.08 Å². The zero-order valence-electron chi connectivity index (χ0n) is 14.8. The molecule has 0 saturated carbocycles. The summed E-state index contributed by atoms with van der Waals surface area (Å²) in [5, 5.41) is 13.3. The first kappa shape index (κ1) is 20.6. The Morgan fingerprint density at radius 2 is 1.93 bits per heavy atom. The Bertz CT molecular complexity index is 1020. The number of thiocarbonyl (C=S) groups is 1. The van der Waals surface area contributed by atoms with Gasteiger partial charge in [0.05, 0.1) is 9.83 Å². The van der Waals surface area contributed by atoms with E-state index in [0.29, 0.717) is 10.0 Å². The van der Waals surface area contributed by atoms with Crippen LogP contribution in [0.2, 0.25) is 0 Å². The quantitative estimate of drug-likeness (QED) is 0.322. The standard InChI is InChI=1S/C19H14FN3O4S2/c20-15-4-2-1-3-12(15)11-16-18(25)22(19(28)29-16)10-9-17(24)21-13-5-7-14(8-6-13)23(26)27/h1-8,11H,9-10H2,(H,21,24)/b16-11+. The van der Waals surface area contributed by atoms with Crippen molar-refractivity contribution in [1.82, 2.24) is 4.90 Å². The van der Waals surface area contributed by atoms with Crippen molar-refractivity contribution in [3.05, 3.63) is 74.9 Å². The van der Waals surface area contributed by atoms with Crippen LogP contribution < -0.4 is 5.32 Å². The Morgan fingerprint density at radius 1 is 1.24 bits per heavy atom. The lowest BCUT2D eigenvalue weighted by Crippen LogP contribution is -2.31. The molecule has 148 valence electrons. The maximum Gasteiger partial charge on any atom is 0.269 e. The number of non-ortho nitro benzene ring substituents is 1. The van der Waals surface area contributed by atoms with Crippen LogP contribution in [0.15, 0.2) is 53.4 Å². The molecule has 1 N–H and O–H groups in total. The van der Waals surface area contributed by atoms with Crippen LogP contribution in [0.3, 0.4) is 0 Å². The molecule has 2 aromatic rings. The predicted octanol–water partition coefficient (Wildman–Crippen LogP) is 3.96. The fourth-order valence-corrected chi connectivity index (χ4v) is 3.83. The number of nitrogens with one attached hydrogen (secondary N) is 1. The number of benzene rings is 2. The average molecular weight is 431 g/mol. The minimum Gasteiger partial charge on any atom is -0.326 e. The maximum atomic E-state index is 13.8. The number of hydrogen-bond acceptors (Lipinski definition) is 6. The lowest BCUT2D eigenvalue weighted by atomic mass is 10.2. The summed E-state index contributed by atoms with van der Waals surface area (Å²) in [6, 6.07) is 11.5. The van der Waals surface area contributed by atoms with E-state index in [1.807, 2.05) is 0 Å². The van der Waals surface area contributed by atoms with Gasteiger partial charge >= 0.3 is 0 Å². The Labute approximate surface area is 174 Å². The molecule has 1 aliphatic heterocycles. The van der Waals surface area contributed by atoms with Crippen molar-refractivity contribution in [1.29, 1.82) is 0 Å². The number of anilines is 1. The number of thioether (sulfide) groups is 1. The highest BCUT2D eigenvalue weighted by atomic mass is 32.2. The monoisotopic (exact) mass is 431 g/mol. The van der Waals surface area contributed by atoms with E-state index in [9.17, 15) is 24.1 Å². The molecule has 3 rings (SSSR count). The number of nitro groups is 1. The molecule has 0 spiro atoms. The summed E-state index contributed by atoms with van der Waals surface area (Å²) in [5.74, 6) is -1.20. The molecule has 7 nitrogen and oxygen atoms in total. The molecule has 0 aromatic heterocycles. The summed E-state index contributed by atoms with van der Waals surface area (Å²) < 4.78 is 14.1. The average Bonchev–Trinajstić information content (AvgIpc) is 2.95. The van der Waals surface area contributed by atoms with Crippen LogP contribution in [-0.2, 0) is 9.59 Å². The largest absolute Gasteiger partial charge is 0.326 e. The van der Waals surface area contributed by atoms with Gasteiger partial charge in [-0.3, -0.25) is 24.6 Å². The molecule has 0 atom stereocenters. The van der Waals surface area contributed by atoms with Crippen molar-refractivity contribution < 1.29 is 18.9 Å². The summed E-state index contributed by atoms with van der Waals surface area (Å²) in [6.07, 6.45) is 1.42. The molecule has 29 heavy (non-hydrogen) atoms. The molecule has 0 unspecified atom stereocenters. The van der Waals surface area contributed by atoms with Gasteiger partial charge in [-0.15, -0.1) is 0 Å². The fraction of sp³-hybridized carbons (Fsp3) is 0.105. The lowest BCUT2D eigenvalue weighted by Gasteiger charge is -2.14. The van der Waals surface area contributed by atoms with Crippen LogP contribution in [-0.4, -0.2) is 32.5 Å². The Kier molecular flexibility index (Phi) is 6.35. The van der Waals surface area contributed by atoms with Gasteiger partial charge in [-0.05, 0) is 24.3 Å². The van der Waals surface area contributed by atoms with E-state index in [4.69, 9.17) is 12.2 Å². The first-order chi connectivity index (χ1) is 13.8. The van der Waals surface area contributed by atoms with E-state index in [-0.39, 0.29) is 40.9 Å². The summed E-state index contributed by atoms with van der Waals surface area (Å²) in [4.78, 5) is 36.4. The van der Waals surface area contributed by atoms with Gasteiger partial charge in [0.1, 0.15) is 10.1 Å². The van der Waals surface area contributed by atoms with Crippen LogP contribution in [0.5, 0.6) is 0 Å². The second-order valence-electron chi connectivity index (χ2n) is 5.96. The first-order valence-electron chi connectivity index (χ1n) is 8.39. The number of nitrogens with zero attached hydrogens (tertiary/aromatic N) is 2. The van der Waals surface area contributed by atoms with E-state index in [1.54, 1.807) is 18.2 Å². The van der Waals surface area contributed by atoms with E-state index in [0.717, 1.165) is 11.8 Å². The van der Waals surface area contributed by atoms with E-state index in [2.05, 4.69) is 5.32 Å². The van der Waals surface area contributed by atoms with Gasteiger partial charge in [-0.25, -0.2) is 4.39 Å². The molecule has 1 heterocycles. The summed E-state index contributed by atoms with van der Waals surface area (Å²) in [7, 11) is 0. The molecular weight excluding hydrogens is 417 g/mol. The molecule has 1 saturated heterocycles. The Hall–Kier alpha value is -3.11. The van der Waals surface area contributed by atoms with Gasteiger partial charge in [0.15, 0.2) is 0 Å². The van der Waals surface area contributed by atoms with Crippen LogP contribution >= 0.6 is 24.0 Å². The van der Waals surface area contributed by atoms with Gasteiger partial charge in [0, 0.05) is 36.3 Å². The number of carbonyl (C=O) groups is 2. The highest BCUT2D eigenvalue weighted by Crippen LogP contribution is 2.33. The summed E-state index contributed by atoms with van der Waals surface area (Å²) in [6.45, 7) is 0.0676. The second kappa shape index (κ2) is 8.93. The Morgan fingerprint density at radius 3 is 2.59 bits per heavy atom. The van der Waals surface area contributed by atoms with Crippen molar-refractivity contribution in [2.24, 2.45) is 0 Å². The zero-order valence-corrected chi connectivity index (χ0v) is 16.5. The van der Waals surface area contributed by atoms with Crippen LogP contribution in [0.4, 0.5) is 15.8 Å². The minimum atomic E-state index is -0.532. The molecule has 1 aliphatic rings. The summed E-state index contributed by atoms with van der Waals surface area (Å²) in [5.41, 5.74) is 0.608.